The smallest absolute Gasteiger partial charge is 0.342 e. The van der Waals surface area contributed by atoms with Gasteiger partial charge in [0.05, 0.1) is 5.69 Å². The molecule has 19 heavy (non-hydrogen) atoms. The normalized spacial score (nSPS) is 10.1. The van der Waals surface area contributed by atoms with Gasteiger partial charge in [0.25, 0.3) is 0 Å². The van der Waals surface area contributed by atoms with E-state index in [0.717, 1.165) is 6.07 Å². The van der Waals surface area contributed by atoms with Gasteiger partial charge in [0.1, 0.15) is 17.1 Å². The zero-order chi connectivity index (χ0) is 13.8. The number of Topliss-reactive ketones (excluding diaryl/α,β-unsaturated/α-hetero) is 1. The summed E-state index contributed by atoms with van der Waals surface area (Å²) in [6, 6.07) is 6.69. The predicted molar refractivity (Wildman–Crippen MR) is 65.2 cm³/mol. The minimum atomic E-state index is -0.836. The lowest BCUT2D eigenvalue weighted by molar-refractivity contribution is 0.0470. The predicted octanol–water partition coefficient (Wildman–Crippen LogP) is 1.47. The molecular weight excluding hydrogens is 250 g/mol. The van der Waals surface area contributed by atoms with Crippen LogP contribution in [0.4, 0.5) is 0 Å². The van der Waals surface area contributed by atoms with Gasteiger partial charge in [-0.1, -0.05) is 0 Å². The second kappa shape index (κ2) is 5.26. The van der Waals surface area contributed by atoms with Crippen molar-refractivity contribution in [3.8, 4) is 11.5 Å². The van der Waals surface area contributed by atoms with Gasteiger partial charge < -0.3 is 19.9 Å². The maximum atomic E-state index is 11.6. The Labute approximate surface area is 108 Å². The molecule has 0 atom stereocenters. The Kier molecular flexibility index (Phi) is 3.51. The van der Waals surface area contributed by atoms with Crippen LogP contribution in [-0.2, 0) is 4.74 Å². The van der Waals surface area contributed by atoms with E-state index >= 15 is 0 Å². The quantitative estimate of drug-likeness (QED) is 0.571. The van der Waals surface area contributed by atoms with Gasteiger partial charge in [0, 0.05) is 12.3 Å². The van der Waals surface area contributed by atoms with Crippen LogP contribution in [0.3, 0.4) is 0 Å². The molecule has 0 aliphatic carbocycles. The standard InChI is InChI=1S/C13H11NO5/c15-8-3-4-9(11(16)6-8)13(18)19-7-12(17)10-2-1-5-14-10/h1-6,14-16H,7H2. The summed E-state index contributed by atoms with van der Waals surface area (Å²) in [5.41, 5.74) is 0.222. The van der Waals surface area contributed by atoms with Crippen LogP contribution >= 0.6 is 0 Å². The van der Waals surface area contributed by atoms with Crippen molar-refractivity contribution >= 4 is 11.8 Å². The number of benzene rings is 1. The van der Waals surface area contributed by atoms with Crippen molar-refractivity contribution in [2.24, 2.45) is 0 Å². The summed E-state index contributed by atoms with van der Waals surface area (Å²) in [4.78, 5) is 25.9. The molecule has 98 valence electrons. The van der Waals surface area contributed by atoms with E-state index in [0.29, 0.717) is 5.69 Å². The molecule has 0 radical (unpaired) electrons. The molecule has 6 heteroatoms. The van der Waals surface area contributed by atoms with Crippen molar-refractivity contribution in [2.45, 2.75) is 0 Å². The fourth-order valence-electron chi connectivity index (χ4n) is 1.48. The number of phenolic OH excluding ortho intramolecular Hbond substituents is 2. The number of aromatic nitrogens is 1. The highest BCUT2D eigenvalue weighted by atomic mass is 16.5. The van der Waals surface area contributed by atoms with Gasteiger partial charge in [-0.05, 0) is 24.3 Å². The fourth-order valence-corrected chi connectivity index (χ4v) is 1.48. The summed E-state index contributed by atoms with van der Waals surface area (Å²) in [6.45, 7) is -0.431. The van der Waals surface area contributed by atoms with Crippen LogP contribution in [0.25, 0.3) is 0 Å². The van der Waals surface area contributed by atoms with E-state index in [1.165, 1.54) is 12.1 Å². The van der Waals surface area contributed by atoms with Crippen LogP contribution < -0.4 is 0 Å². The summed E-state index contributed by atoms with van der Waals surface area (Å²) in [6.07, 6.45) is 1.58. The first-order valence-corrected chi connectivity index (χ1v) is 5.43. The third-order valence-electron chi connectivity index (χ3n) is 2.43. The number of nitrogens with one attached hydrogen (secondary N) is 1. The third-order valence-corrected chi connectivity index (χ3v) is 2.43. The fraction of sp³-hybridized carbons (Fsp3) is 0.0769. The largest absolute Gasteiger partial charge is 0.508 e. The topological polar surface area (TPSA) is 99.6 Å². The van der Waals surface area contributed by atoms with Gasteiger partial charge in [0.15, 0.2) is 6.61 Å². The third kappa shape index (κ3) is 2.92. The number of aromatic amines is 1. The van der Waals surface area contributed by atoms with Gasteiger partial charge in [-0.25, -0.2) is 4.79 Å². The molecule has 3 N–H and O–H groups in total. The van der Waals surface area contributed by atoms with Crippen LogP contribution in [-0.4, -0.2) is 33.6 Å². The monoisotopic (exact) mass is 261 g/mol. The number of ketones is 1. The number of ether oxygens (including phenoxy) is 1. The zero-order valence-corrected chi connectivity index (χ0v) is 9.79. The maximum absolute atomic E-state index is 11.6. The number of carbonyl (C=O) groups excluding carboxylic acids is 2. The lowest BCUT2D eigenvalue weighted by Crippen LogP contribution is -2.14. The molecule has 1 heterocycles. The van der Waals surface area contributed by atoms with E-state index in [4.69, 9.17) is 9.84 Å². The number of esters is 1. The molecule has 0 saturated heterocycles. The molecule has 6 nitrogen and oxygen atoms in total. The number of hydrogen-bond acceptors (Lipinski definition) is 5. The molecule has 0 bridgehead atoms. The highest BCUT2D eigenvalue weighted by molar-refractivity contribution is 5.98. The molecule has 2 aromatic rings. The molecule has 0 amide bonds. The Balaban J connectivity index is 2.00. The molecule has 1 aromatic carbocycles. The number of phenols is 2. The van der Waals surface area contributed by atoms with E-state index in [2.05, 4.69) is 4.98 Å². The minimum Gasteiger partial charge on any atom is -0.508 e. The number of hydrogen-bond donors (Lipinski definition) is 3. The van der Waals surface area contributed by atoms with Crippen molar-refractivity contribution in [3.05, 3.63) is 47.8 Å². The Morgan fingerprint density at radius 2 is 2.00 bits per heavy atom. The lowest BCUT2D eigenvalue weighted by Gasteiger charge is -2.05. The molecule has 0 aliphatic rings. The first kappa shape index (κ1) is 12.7. The Hall–Kier alpha value is -2.76. The van der Waals surface area contributed by atoms with Gasteiger partial charge in [-0.2, -0.15) is 0 Å². The van der Waals surface area contributed by atoms with E-state index in [1.54, 1.807) is 18.3 Å². The number of H-pyrrole nitrogens is 1. The van der Waals surface area contributed by atoms with E-state index in [9.17, 15) is 14.7 Å². The van der Waals surface area contributed by atoms with Crippen LogP contribution in [0.15, 0.2) is 36.5 Å². The van der Waals surface area contributed by atoms with Gasteiger partial charge in [-0.15, -0.1) is 0 Å². The van der Waals surface area contributed by atoms with Crippen LogP contribution in [0.2, 0.25) is 0 Å². The SMILES string of the molecule is O=C(COC(=O)c1ccc(O)cc1O)c1ccc[nH]1. The molecular formula is C13H11NO5. The van der Waals surface area contributed by atoms with Crippen LogP contribution in [0, 0.1) is 0 Å². The van der Waals surface area contributed by atoms with Crippen LogP contribution in [0.5, 0.6) is 11.5 Å². The highest BCUT2D eigenvalue weighted by Gasteiger charge is 2.15. The molecule has 0 saturated carbocycles. The number of aromatic hydroxyl groups is 2. The second-order valence-electron chi connectivity index (χ2n) is 3.78. The first-order valence-electron chi connectivity index (χ1n) is 5.43. The van der Waals surface area contributed by atoms with Gasteiger partial charge >= 0.3 is 5.97 Å². The van der Waals surface area contributed by atoms with Crippen molar-refractivity contribution in [3.63, 3.8) is 0 Å². The first-order chi connectivity index (χ1) is 9.08. The summed E-state index contributed by atoms with van der Waals surface area (Å²) in [7, 11) is 0. The Morgan fingerprint density at radius 3 is 2.63 bits per heavy atom. The lowest BCUT2D eigenvalue weighted by atomic mass is 10.2. The minimum absolute atomic E-state index is 0.114. The molecule has 0 unspecified atom stereocenters. The molecule has 0 spiro atoms. The highest BCUT2D eigenvalue weighted by Crippen LogP contribution is 2.23. The number of carbonyl (C=O) groups is 2. The van der Waals surface area contributed by atoms with E-state index in [-0.39, 0.29) is 17.1 Å². The Bertz CT molecular complexity index is 604. The van der Waals surface area contributed by atoms with Crippen molar-refractivity contribution in [1.29, 1.82) is 0 Å². The van der Waals surface area contributed by atoms with Crippen molar-refractivity contribution in [1.82, 2.24) is 4.98 Å². The zero-order valence-electron chi connectivity index (χ0n) is 9.79. The summed E-state index contributed by atoms with van der Waals surface area (Å²) >= 11 is 0. The van der Waals surface area contributed by atoms with Crippen molar-refractivity contribution in [2.75, 3.05) is 6.61 Å². The summed E-state index contributed by atoms with van der Waals surface area (Å²) in [5, 5.41) is 18.6. The van der Waals surface area contributed by atoms with E-state index in [1.807, 2.05) is 0 Å². The molecule has 0 aliphatic heterocycles. The molecule has 2 rings (SSSR count). The average Bonchev–Trinajstić information content (AvgIpc) is 2.89. The van der Waals surface area contributed by atoms with Crippen LogP contribution in [0.1, 0.15) is 20.8 Å². The molecule has 0 fully saturated rings. The molecule has 1 aromatic heterocycles. The summed E-state index contributed by atoms with van der Waals surface area (Å²) < 4.78 is 4.78. The summed E-state index contributed by atoms with van der Waals surface area (Å²) in [5.74, 6) is -1.79. The van der Waals surface area contributed by atoms with E-state index < -0.39 is 18.3 Å². The number of rotatable bonds is 4. The maximum Gasteiger partial charge on any atom is 0.342 e. The average molecular weight is 261 g/mol. The Morgan fingerprint density at radius 1 is 1.21 bits per heavy atom. The van der Waals surface area contributed by atoms with Gasteiger partial charge in [-0.3, -0.25) is 4.79 Å². The van der Waals surface area contributed by atoms with Crippen molar-refractivity contribution < 1.29 is 24.5 Å². The van der Waals surface area contributed by atoms with Gasteiger partial charge in [0.2, 0.25) is 5.78 Å². The second-order valence-corrected chi connectivity index (χ2v) is 3.78.